The monoisotopic (exact) mass is 228 g/mol. The molecule has 0 unspecified atom stereocenters. The number of anilines is 2. The first kappa shape index (κ1) is 10.9. The minimum atomic E-state index is 0.0243. The molecule has 0 heterocycles. The van der Waals surface area contributed by atoms with Gasteiger partial charge >= 0.3 is 0 Å². The number of benzene rings is 1. The van der Waals surface area contributed by atoms with E-state index in [0.717, 1.165) is 0 Å². The Labute approximate surface area is 98.5 Å². The average Bonchev–Trinajstić information content (AvgIpc) is 2.30. The number of aromatic hydroxyl groups is 1. The van der Waals surface area contributed by atoms with E-state index in [4.69, 9.17) is 11.1 Å². The van der Waals surface area contributed by atoms with Crippen molar-refractivity contribution in [1.82, 2.24) is 0 Å². The van der Waals surface area contributed by atoms with Gasteiger partial charge in [0, 0.05) is 11.8 Å². The molecule has 1 aromatic rings. The molecule has 86 valence electrons. The molecule has 0 saturated carbocycles. The number of rotatable bonds is 2. The van der Waals surface area contributed by atoms with Gasteiger partial charge in [-0.25, -0.2) is 0 Å². The zero-order valence-electron chi connectivity index (χ0n) is 9.01. The number of hydrogen-bond acceptors (Lipinski definition) is 5. The van der Waals surface area contributed by atoms with Gasteiger partial charge in [-0.1, -0.05) is 12.2 Å². The second-order valence-electron chi connectivity index (χ2n) is 3.52. The first-order valence-electron chi connectivity index (χ1n) is 5.02. The van der Waals surface area contributed by atoms with E-state index >= 15 is 0 Å². The number of nitrogens with zero attached hydrogens (tertiary/aromatic N) is 1. The minimum absolute atomic E-state index is 0.0243. The Kier molecular flexibility index (Phi) is 2.91. The topological polar surface area (TPSA) is 94.5 Å². The van der Waals surface area contributed by atoms with Crippen LogP contribution in [0.1, 0.15) is 0 Å². The zero-order valence-corrected chi connectivity index (χ0v) is 9.01. The van der Waals surface area contributed by atoms with Crippen molar-refractivity contribution in [3.05, 3.63) is 42.5 Å². The molecule has 0 aromatic heterocycles. The highest BCUT2D eigenvalue weighted by Crippen LogP contribution is 2.25. The Morgan fingerprint density at radius 1 is 1.24 bits per heavy atom. The molecule has 0 spiro atoms. The quantitative estimate of drug-likeness (QED) is 0.269. The molecule has 0 aliphatic heterocycles. The highest BCUT2D eigenvalue weighted by molar-refractivity contribution is 6.50. The van der Waals surface area contributed by atoms with Crippen molar-refractivity contribution in [2.45, 2.75) is 0 Å². The number of hydrazone groups is 1. The van der Waals surface area contributed by atoms with Gasteiger partial charge in [0.1, 0.15) is 11.5 Å². The van der Waals surface area contributed by atoms with Crippen LogP contribution in [0, 0.1) is 5.41 Å². The molecule has 1 aromatic carbocycles. The second kappa shape index (κ2) is 4.52. The smallest absolute Gasteiger partial charge is 0.142 e. The lowest BCUT2D eigenvalue weighted by Crippen LogP contribution is -2.11. The van der Waals surface area contributed by atoms with Crippen LogP contribution in [0.15, 0.2) is 47.6 Å². The normalized spacial score (nSPS) is 16.5. The van der Waals surface area contributed by atoms with Gasteiger partial charge in [0.25, 0.3) is 0 Å². The number of allylic oxidation sites excluding steroid dienone is 4. The van der Waals surface area contributed by atoms with E-state index in [1.807, 2.05) is 0 Å². The summed E-state index contributed by atoms with van der Waals surface area (Å²) in [5.74, 6) is 0.0243. The van der Waals surface area contributed by atoms with Crippen LogP contribution in [0.2, 0.25) is 0 Å². The molecule has 0 amide bonds. The van der Waals surface area contributed by atoms with Crippen molar-refractivity contribution in [1.29, 1.82) is 5.41 Å². The molecule has 0 saturated heterocycles. The number of nitrogens with two attached hydrogens (primary N) is 1. The molecule has 5 heteroatoms. The lowest BCUT2D eigenvalue weighted by molar-refractivity contribution is 0.477. The van der Waals surface area contributed by atoms with E-state index in [9.17, 15) is 5.11 Å². The highest BCUT2D eigenvalue weighted by atomic mass is 16.3. The number of nitrogen functional groups attached to an aromatic ring is 1. The van der Waals surface area contributed by atoms with E-state index in [2.05, 4.69) is 10.5 Å². The van der Waals surface area contributed by atoms with Crippen LogP contribution >= 0.6 is 0 Å². The first-order valence-corrected chi connectivity index (χ1v) is 5.02. The predicted molar refractivity (Wildman–Crippen MR) is 69.6 cm³/mol. The highest BCUT2D eigenvalue weighted by Gasteiger charge is 2.04. The van der Waals surface area contributed by atoms with Crippen molar-refractivity contribution in [2.75, 3.05) is 11.2 Å². The Morgan fingerprint density at radius 2 is 2.00 bits per heavy atom. The summed E-state index contributed by atoms with van der Waals surface area (Å²) in [6, 6.07) is 4.72. The Balaban J connectivity index is 2.17. The van der Waals surface area contributed by atoms with E-state index in [-0.39, 0.29) is 5.75 Å². The third-order valence-electron chi connectivity index (χ3n) is 2.22. The van der Waals surface area contributed by atoms with Gasteiger partial charge in [0.15, 0.2) is 0 Å². The predicted octanol–water partition coefficient (Wildman–Crippen LogP) is 1.89. The molecular formula is C12H12N4O. The maximum absolute atomic E-state index is 9.59. The molecule has 17 heavy (non-hydrogen) atoms. The summed E-state index contributed by atoms with van der Waals surface area (Å²) in [5.41, 5.74) is 9.95. The lowest BCUT2D eigenvalue weighted by Gasteiger charge is -2.07. The van der Waals surface area contributed by atoms with E-state index < -0.39 is 0 Å². The summed E-state index contributed by atoms with van der Waals surface area (Å²) >= 11 is 0. The Hall–Kier alpha value is -2.56. The molecule has 1 aliphatic carbocycles. The van der Waals surface area contributed by atoms with Crippen LogP contribution in [-0.2, 0) is 0 Å². The fourth-order valence-corrected chi connectivity index (χ4v) is 1.33. The Morgan fingerprint density at radius 3 is 2.71 bits per heavy atom. The van der Waals surface area contributed by atoms with Crippen molar-refractivity contribution in [3.8, 4) is 5.75 Å². The fraction of sp³-hybridized carbons (Fsp3) is 0. The van der Waals surface area contributed by atoms with E-state index in [0.29, 0.717) is 22.8 Å². The molecule has 0 bridgehead atoms. The van der Waals surface area contributed by atoms with Crippen molar-refractivity contribution < 1.29 is 5.11 Å². The maximum atomic E-state index is 9.59. The molecule has 0 atom stereocenters. The second-order valence-corrected chi connectivity index (χ2v) is 3.52. The van der Waals surface area contributed by atoms with Crippen LogP contribution in [0.25, 0.3) is 0 Å². The summed E-state index contributed by atoms with van der Waals surface area (Å²) in [7, 11) is 0. The standard InChI is InChI=1S/C12H12N4O/c13-8-5-6-11(12(17)7-8)16-15-10-4-2-1-3-9(10)14/h1-7,14,16-17H,13H2/b14-9?,15-10-. The van der Waals surface area contributed by atoms with Crippen LogP contribution < -0.4 is 11.2 Å². The summed E-state index contributed by atoms with van der Waals surface area (Å²) in [5, 5.41) is 21.2. The fourth-order valence-electron chi connectivity index (χ4n) is 1.33. The molecular weight excluding hydrogens is 216 g/mol. The van der Waals surface area contributed by atoms with Gasteiger partial charge in [0.2, 0.25) is 0 Å². The van der Waals surface area contributed by atoms with Gasteiger partial charge in [-0.3, -0.25) is 10.8 Å². The average molecular weight is 228 g/mol. The molecule has 5 N–H and O–H groups in total. The number of nitrogens with one attached hydrogen (secondary N) is 2. The van der Waals surface area contributed by atoms with Crippen molar-refractivity contribution in [3.63, 3.8) is 0 Å². The molecule has 0 radical (unpaired) electrons. The van der Waals surface area contributed by atoms with Gasteiger partial charge < -0.3 is 10.8 Å². The minimum Gasteiger partial charge on any atom is -0.506 e. The maximum Gasteiger partial charge on any atom is 0.142 e. The van der Waals surface area contributed by atoms with Gasteiger partial charge in [0.05, 0.1) is 11.4 Å². The molecule has 0 fully saturated rings. The van der Waals surface area contributed by atoms with Crippen LogP contribution in [0.5, 0.6) is 5.75 Å². The van der Waals surface area contributed by atoms with E-state index in [1.54, 1.807) is 36.4 Å². The summed E-state index contributed by atoms with van der Waals surface area (Å²) in [6.45, 7) is 0. The molecule has 2 rings (SSSR count). The zero-order chi connectivity index (χ0) is 12.3. The lowest BCUT2D eigenvalue weighted by atomic mass is 10.1. The van der Waals surface area contributed by atoms with Gasteiger partial charge in [-0.2, -0.15) is 5.10 Å². The molecule has 5 nitrogen and oxygen atoms in total. The van der Waals surface area contributed by atoms with Crippen molar-refractivity contribution in [2.24, 2.45) is 5.10 Å². The van der Waals surface area contributed by atoms with E-state index in [1.165, 1.54) is 6.07 Å². The van der Waals surface area contributed by atoms with Crippen LogP contribution in [0.3, 0.4) is 0 Å². The third-order valence-corrected chi connectivity index (χ3v) is 2.22. The van der Waals surface area contributed by atoms with Crippen LogP contribution in [-0.4, -0.2) is 16.5 Å². The van der Waals surface area contributed by atoms with Gasteiger partial charge in [-0.05, 0) is 24.3 Å². The third kappa shape index (κ3) is 2.52. The van der Waals surface area contributed by atoms with Gasteiger partial charge in [-0.15, -0.1) is 0 Å². The number of phenols is 1. The van der Waals surface area contributed by atoms with Crippen molar-refractivity contribution >= 4 is 22.8 Å². The molecule has 1 aliphatic rings. The Bertz CT molecular complexity index is 543. The summed E-state index contributed by atoms with van der Waals surface area (Å²) < 4.78 is 0. The summed E-state index contributed by atoms with van der Waals surface area (Å²) in [4.78, 5) is 0. The number of hydrogen-bond donors (Lipinski definition) is 4. The van der Waals surface area contributed by atoms with Crippen LogP contribution in [0.4, 0.5) is 11.4 Å². The SMILES string of the molecule is N=C1C=CC=C/C1=N/Nc1ccc(N)cc1O. The summed E-state index contributed by atoms with van der Waals surface area (Å²) in [6.07, 6.45) is 6.91. The first-order chi connectivity index (χ1) is 8.16. The largest absolute Gasteiger partial charge is 0.506 e. The number of phenolic OH excluding ortho intramolecular Hbond substituents is 1.